The predicted octanol–water partition coefficient (Wildman–Crippen LogP) is 0.0506. The van der Waals surface area contributed by atoms with Crippen LogP contribution in [0.4, 0.5) is 0 Å². The van der Waals surface area contributed by atoms with E-state index in [1.807, 2.05) is 0 Å². The number of rotatable bonds is 0. The molecule has 4 heteroatoms. The molecule has 0 heterocycles. The molecule has 0 aliphatic heterocycles. The smallest absolute Gasteiger partial charge is 0 e. The van der Waals surface area contributed by atoms with Crippen LogP contribution >= 0.6 is 9.90 Å². The molecule has 0 rings (SSSR count). The van der Waals surface area contributed by atoms with Crippen molar-refractivity contribution in [3.63, 3.8) is 0 Å². The summed E-state index contributed by atoms with van der Waals surface area (Å²) in [7, 11) is 0. The molecule has 29 valence electrons. The van der Waals surface area contributed by atoms with E-state index in [2.05, 4.69) is 0 Å². The van der Waals surface area contributed by atoms with Crippen LogP contribution in [0.2, 0.25) is 0 Å². The zero-order valence-corrected chi connectivity index (χ0v) is 11.4. The molecular formula is H3PRe3. The fourth-order valence-electron chi connectivity index (χ4n) is 0. The molecular weight excluding hydrogens is 590 g/mol. The first-order valence-electron chi connectivity index (χ1n) is 0. The van der Waals surface area contributed by atoms with Crippen LogP contribution in [0.5, 0.6) is 0 Å². The van der Waals surface area contributed by atoms with Gasteiger partial charge >= 0.3 is 0 Å². The Morgan fingerprint density at radius 3 is 0.500 bits per heavy atom. The van der Waals surface area contributed by atoms with E-state index in [1.54, 1.807) is 0 Å². The minimum atomic E-state index is 0. The van der Waals surface area contributed by atoms with Gasteiger partial charge in [-0.3, -0.25) is 0 Å². The van der Waals surface area contributed by atoms with Gasteiger partial charge < -0.3 is 0 Å². The van der Waals surface area contributed by atoms with Crippen molar-refractivity contribution in [3.8, 4) is 0 Å². The van der Waals surface area contributed by atoms with Crippen LogP contribution in [0.3, 0.4) is 0 Å². The van der Waals surface area contributed by atoms with Crippen LogP contribution in [0.15, 0.2) is 0 Å². The predicted molar refractivity (Wildman–Crippen MR) is 11.1 cm³/mol. The second-order valence-electron chi connectivity index (χ2n) is 0. The fraction of sp³-hybridized carbons (Fsp3) is 0. The minimum absolute atomic E-state index is 0. The van der Waals surface area contributed by atoms with Crippen molar-refractivity contribution in [2.75, 3.05) is 0 Å². The molecule has 0 N–H and O–H groups in total. The van der Waals surface area contributed by atoms with Gasteiger partial charge in [-0.05, 0) is 0 Å². The molecule has 0 spiro atoms. The van der Waals surface area contributed by atoms with E-state index in [-0.39, 0.29) is 71.2 Å². The first-order valence-corrected chi connectivity index (χ1v) is 0. The van der Waals surface area contributed by atoms with Gasteiger partial charge in [0.15, 0.2) is 0 Å². The van der Waals surface area contributed by atoms with Gasteiger partial charge in [0.25, 0.3) is 0 Å². The van der Waals surface area contributed by atoms with Gasteiger partial charge in [0.1, 0.15) is 0 Å². The molecule has 0 bridgehead atoms. The normalized spacial score (nSPS) is 0. The molecule has 0 saturated heterocycles. The third-order valence-electron chi connectivity index (χ3n) is 0. The van der Waals surface area contributed by atoms with E-state index in [9.17, 15) is 0 Å². The van der Waals surface area contributed by atoms with E-state index in [1.165, 1.54) is 0 Å². The van der Waals surface area contributed by atoms with E-state index in [0.29, 0.717) is 0 Å². The Balaban J connectivity index is 0. The first-order chi connectivity index (χ1) is 0. The third-order valence-corrected chi connectivity index (χ3v) is 0. The Labute approximate surface area is 70.5 Å². The van der Waals surface area contributed by atoms with Gasteiger partial charge in [0, 0.05) is 61.3 Å². The average Bonchev–Trinajstić information content (AvgIpc) is 0. The zero-order chi connectivity index (χ0) is 0. The van der Waals surface area contributed by atoms with Gasteiger partial charge in [0.05, 0.1) is 0 Å². The molecule has 0 aromatic carbocycles. The van der Waals surface area contributed by atoms with Crippen molar-refractivity contribution in [1.82, 2.24) is 0 Å². The minimum Gasteiger partial charge on any atom is -0.153 e. The van der Waals surface area contributed by atoms with Crippen LogP contribution in [0.1, 0.15) is 0 Å². The summed E-state index contributed by atoms with van der Waals surface area (Å²) in [5.41, 5.74) is 0. The quantitative estimate of drug-likeness (QED) is 0.349. The third kappa shape index (κ3) is 8.83. The van der Waals surface area contributed by atoms with Crippen molar-refractivity contribution >= 4 is 9.90 Å². The Hall–Kier alpha value is 2.42. The summed E-state index contributed by atoms with van der Waals surface area (Å²) in [4.78, 5) is 0. The van der Waals surface area contributed by atoms with Crippen LogP contribution in [0, 0.1) is 0 Å². The van der Waals surface area contributed by atoms with Gasteiger partial charge in [0.2, 0.25) is 0 Å². The Bertz CT molecular complexity index is 3.25. The molecule has 0 aromatic rings. The molecule has 4 heavy (non-hydrogen) atoms. The second kappa shape index (κ2) is 18.1. The summed E-state index contributed by atoms with van der Waals surface area (Å²) >= 11 is 0. The van der Waals surface area contributed by atoms with Crippen LogP contribution in [-0.4, -0.2) is 0 Å². The first kappa shape index (κ1) is 32.2. The van der Waals surface area contributed by atoms with Crippen molar-refractivity contribution in [3.05, 3.63) is 0 Å². The molecule has 0 fully saturated rings. The summed E-state index contributed by atoms with van der Waals surface area (Å²) in [6, 6.07) is 0. The number of hydrogen-bond acceptors (Lipinski definition) is 0. The van der Waals surface area contributed by atoms with Crippen molar-refractivity contribution in [2.45, 2.75) is 0 Å². The van der Waals surface area contributed by atoms with Crippen LogP contribution in [-0.2, 0) is 61.3 Å². The molecule has 3 radical (unpaired) electrons. The molecule has 0 aliphatic rings. The maximum atomic E-state index is 0. The molecule has 1 atom stereocenters. The summed E-state index contributed by atoms with van der Waals surface area (Å²) in [6.45, 7) is 0. The summed E-state index contributed by atoms with van der Waals surface area (Å²) in [5.74, 6) is 0. The van der Waals surface area contributed by atoms with Crippen molar-refractivity contribution in [2.24, 2.45) is 0 Å². The summed E-state index contributed by atoms with van der Waals surface area (Å²) in [6.07, 6.45) is 0. The Kier molecular flexibility index (Phi) is 146. The van der Waals surface area contributed by atoms with Crippen molar-refractivity contribution < 1.29 is 61.3 Å². The van der Waals surface area contributed by atoms with E-state index >= 15 is 0 Å². The standard InChI is InChI=1S/H3P.3Re/h1H3;;;. The van der Waals surface area contributed by atoms with Gasteiger partial charge in [-0.1, -0.05) is 0 Å². The average molecular weight is 593 g/mol. The fourth-order valence-corrected chi connectivity index (χ4v) is 0. The summed E-state index contributed by atoms with van der Waals surface area (Å²) in [5, 5.41) is 0. The van der Waals surface area contributed by atoms with E-state index in [0.717, 1.165) is 0 Å². The van der Waals surface area contributed by atoms with Crippen LogP contribution in [0.25, 0.3) is 0 Å². The molecule has 0 nitrogen and oxygen atoms in total. The number of hydrogen-bond donors (Lipinski definition) is 0. The molecule has 0 amide bonds. The van der Waals surface area contributed by atoms with Crippen LogP contribution < -0.4 is 0 Å². The van der Waals surface area contributed by atoms with Crippen molar-refractivity contribution in [1.29, 1.82) is 0 Å². The van der Waals surface area contributed by atoms with Gasteiger partial charge in [-0.15, -0.1) is 0 Å². The summed E-state index contributed by atoms with van der Waals surface area (Å²) < 4.78 is 0. The largest absolute Gasteiger partial charge is 0.153 e. The van der Waals surface area contributed by atoms with Gasteiger partial charge in [-0.25, -0.2) is 0 Å². The Morgan fingerprint density at radius 2 is 0.500 bits per heavy atom. The zero-order valence-electron chi connectivity index (χ0n) is 1.84. The molecule has 0 saturated carbocycles. The molecule has 0 aromatic heterocycles. The maximum Gasteiger partial charge on any atom is 0 e. The second-order valence-corrected chi connectivity index (χ2v) is 0. The molecule has 1 unspecified atom stereocenters. The topological polar surface area (TPSA) is 0 Å². The monoisotopic (exact) mass is 595 g/mol. The SMILES string of the molecule is P.[Re].[Re].[Re]. The van der Waals surface area contributed by atoms with E-state index < -0.39 is 0 Å². The van der Waals surface area contributed by atoms with E-state index in [4.69, 9.17) is 0 Å². The Morgan fingerprint density at radius 1 is 0.500 bits per heavy atom. The van der Waals surface area contributed by atoms with Gasteiger partial charge in [-0.2, -0.15) is 9.90 Å². The maximum absolute atomic E-state index is 0. The molecule has 0 aliphatic carbocycles.